The van der Waals surface area contributed by atoms with Crippen molar-refractivity contribution in [3.05, 3.63) is 48.0 Å². The summed E-state index contributed by atoms with van der Waals surface area (Å²) in [6.07, 6.45) is 1.45. The molecule has 2 heterocycles. The molecule has 114 valence electrons. The van der Waals surface area contributed by atoms with Crippen LogP contribution in [-0.2, 0) is 6.42 Å². The van der Waals surface area contributed by atoms with Crippen molar-refractivity contribution >= 4 is 11.4 Å². The molecule has 4 rings (SSSR count). The average molecular weight is 296 g/mol. The van der Waals surface area contributed by atoms with Gasteiger partial charge in [-0.3, -0.25) is 0 Å². The largest absolute Gasteiger partial charge is 0.497 e. The van der Waals surface area contributed by atoms with Gasteiger partial charge in [-0.2, -0.15) is 0 Å². The van der Waals surface area contributed by atoms with Crippen molar-refractivity contribution in [2.24, 2.45) is 0 Å². The lowest BCUT2D eigenvalue weighted by atomic mass is 10.1. The summed E-state index contributed by atoms with van der Waals surface area (Å²) in [6.45, 7) is 2.12. The third-order valence-corrected chi connectivity index (χ3v) is 4.70. The molecule has 1 fully saturated rings. The van der Waals surface area contributed by atoms with Crippen LogP contribution in [0, 0.1) is 0 Å². The number of rotatable bonds is 3. The van der Waals surface area contributed by atoms with Crippen LogP contribution >= 0.6 is 0 Å². The minimum atomic E-state index is 0.413. The highest BCUT2D eigenvalue weighted by Gasteiger charge is 2.38. The monoisotopic (exact) mass is 296 g/mol. The second-order valence-corrected chi connectivity index (χ2v) is 5.76. The third kappa shape index (κ3) is 1.98. The molecule has 0 saturated carbocycles. The summed E-state index contributed by atoms with van der Waals surface area (Å²) in [5.74, 6) is 1.84. The molecule has 0 radical (unpaired) electrons. The van der Waals surface area contributed by atoms with E-state index in [9.17, 15) is 0 Å². The van der Waals surface area contributed by atoms with E-state index in [-0.39, 0.29) is 0 Å². The van der Waals surface area contributed by atoms with E-state index in [0.717, 1.165) is 31.0 Å². The molecular weight excluding hydrogens is 276 g/mol. The number of benzene rings is 2. The minimum absolute atomic E-state index is 0.413. The Bertz CT molecular complexity index is 684. The molecule has 0 aromatic heterocycles. The van der Waals surface area contributed by atoms with Crippen LogP contribution in [0.1, 0.15) is 5.56 Å². The molecule has 2 aliphatic heterocycles. The van der Waals surface area contributed by atoms with E-state index in [1.807, 2.05) is 12.1 Å². The molecule has 0 spiro atoms. The number of anilines is 2. The fourth-order valence-corrected chi connectivity index (χ4v) is 3.59. The lowest BCUT2D eigenvalue weighted by molar-refractivity contribution is 0.414. The molecule has 0 amide bonds. The molecule has 2 aliphatic rings. The van der Waals surface area contributed by atoms with Crippen LogP contribution in [0.4, 0.5) is 11.4 Å². The van der Waals surface area contributed by atoms with Crippen molar-refractivity contribution in [2.75, 3.05) is 37.1 Å². The fourth-order valence-electron chi connectivity index (χ4n) is 3.59. The van der Waals surface area contributed by atoms with Gasteiger partial charge in [0.25, 0.3) is 0 Å². The lowest BCUT2D eigenvalue weighted by Gasteiger charge is -2.27. The maximum atomic E-state index is 5.35. The van der Waals surface area contributed by atoms with E-state index in [4.69, 9.17) is 9.47 Å². The van der Waals surface area contributed by atoms with Gasteiger partial charge >= 0.3 is 0 Å². The van der Waals surface area contributed by atoms with Gasteiger partial charge in [0, 0.05) is 30.9 Å². The van der Waals surface area contributed by atoms with Crippen LogP contribution in [0.2, 0.25) is 0 Å². The summed E-state index contributed by atoms with van der Waals surface area (Å²) in [5.41, 5.74) is 3.98. The van der Waals surface area contributed by atoms with Gasteiger partial charge in [-0.15, -0.1) is 0 Å². The molecule has 0 aliphatic carbocycles. The number of nitrogens with zero attached hydrogens (tertiary/aromatic N) is 2. The predicted molar refractivity (Wildman–Crippen MR) is 88.2 cm³/mol. The van der Waals surface area contributed by atoms with E-state index >= 15 is 0 Å². The number of hydrogen-bond acceptors (Lipinski definition) is 4. The first-order valence-electron chi connectivity index (χ1n) is 7.64. The first-order valence-corrected chi connectivity index (χ1v) is 7.64. The van der Waals surface area contributed by atoms with Crippen molar-refractivity contribution in [1.82, 2.24) is 0 Å². The van der Waals surface area contributed by atoms with Crippen molar-refractivity contribution in [2.45, 2.75) is 12.6 Å². The van der Waals surface area contributed by atoms with Crippen LogP contribution in [0.3, 0.4) is 0 Å². The quantitative estimate of drug-likeness (QED) is 0.869. The Morgan fingerprint density at radius 3 is 2.27 bits per heavy atom. The summed E-state index contributed by atoms with van der Waals surface area (Å²) in [7, 11) is 3.43. The highest BCUT2D eigenvalue weighted by atomic mass is 16.5. The Labute approximate surface area is 130 Å². The number of hydrogen-bond donors (Lipinski definition) is 0. The fraction of sp³-hybridized carbons (Fsp3) is 0.333. The third-order valence-electron chi connectivity index (χ3n) is 4.70. The minimum Gasteiger partial charge on any atom is -0.497 e. The van der Waals surface area contributed by atoms with E-state index in [1.165, 1.54) is 16.9 Å². The zero-order chi connectivity index (χ0) is 15.1. The zero-order valence-electron chi connectivity index (χ0n) is 13.0. The van der Waals surface area contributed by atoms with Gasteiger partial charge in [0.05, 0.1) is 14.2 Å². The normalized spacial score (nSPS) is 19.1. The van der Waals surface area contributed by atoms with Gasteiger partial charge < -0.3 is 19.3 Å². The molecule has 1 unspecified atom stereocenters. The number of fused-ring (bicyclic) bond motifs is 3. The van der Waals surface area contributed by atoms with Crippen molar-refractivity contribution in [3.63, 3.8) is 0 Å². The van der Waals surface area contributed by atoms with Crippen LogP contribution in [0.25, 0.3) is 0 Å². The van der Waals surface area contributed by atoms with Gasteiger partial charge in [-0.05, 0) is 48.0 Å². The molecule has 2 aromatic carbocycles. The SMILES string of the molecule is COc1ccc(N2CCN3c4ccc(OC)cc4CC23)cc1. The topological polar surface area (TPSA) is 24.9 Å². The summed E-state index contributed by atoms with van der Waals surface area (Å²) in [5, 5.41) is 0. The highest BCUT2D eigenvalue weighted by molar-refractivity contribution is 5.66. The Kier molecular flexibility index (Phi) is 3.10. The highest BCUT2D eigenvalue weighted by Crippen LogP contribution is 2.40. The number of ether oxygens (including phenoxy) is 2. The van der Waals surface area contributed by atoms with E-state index in [2.05, 4.69) is 40.1 Å². The summed E-state index contributed by atoms with van der Waals surface area (Å²) in [6, 6.07) is 14.8. The second-order valence-electron chi connectivity index (χ2n) is 5.76. The summed E-state index contributed by atoms with van der Waals surface area (Å²) >= 11 is 0. The van der Waals surface area contributed by atoms with Gasteiger partial charge in [0.1, 0.15) is 17.7 Å². The molecule has 1 atom stereocenters. The van der Waals surface area contributed by atoms with Crippen LogP contribution in [-0.4, -0.2) is 33.5 Å². The maximum Gasteiger partial charge on any atom is 0.119 e. The molecule has 0 bridgehead atoms. The summed E-state index contributed by atoms with van der Waals surface area (Å²) in [4.78, 5) is 4.98. The average Bonchev–Trinajstić information content (AvgIpc) is 3.13. The Morgan fingerprint density at radius 2 is 1.55 bits per heavy atom. The van der Waals surface area contributed by atoms with Crippen LogP contribution in [0.15, 0.2) is 42.5 Å². The van der Waals surface area contributed by atoms with Crippen LogP contribution < -0.4 is 19.3 Å². The van der Waals surface area contributed by atoms with E-state index in [0.29, 0.717) is 6.17 Å². The summed E-state index contributed by atoms with van der Waals surface area (Å²) < 4.78 is 10.6. The first kappa shape index (κ1) is 13.3. The maximum absolute atomic E-state index is 5.35. The predicted octanol–water partition coefficient (Wildman–Crippen LogP) is 2.91. The molecule has 2 aromatic rings. The van der Waals surface area contributed by atoms with Gasteiger partial charge in [-0.25, -0.2) is 0 Å². The lowest BCUT2D eigenvalue weighted by Crippen LogP contribution is -2.36. The molecule has 0 N–H and O–H groups in total. The second kappa shape index (κ2) is 5.13. The van der Waals surface area contributed by atoms with Gasteiger partial charge in [0.2, 0.25) is 0 Å². The van der Waals surface area contributed by atoms with E-state index < -0.39 is 0 Å². The van der Waals surface area contributed by atoms with Crippen molar-refractivity contribution in [1.29, 1.82) is 0 Å². The van der Waals surface area contributed by atoms with Gasteiger partial charge in [0.15, 0.2) is 0 Å². The molecular formula is C18H20N2O2. The molecule has 22 heavy (non-hydrogen) atoms. The van der Waals surface area contributed by atoms with Gasteiger partial charge in [-0.1, -0.05) is 0 Å². The van der Waals surface area contributed by atoms with Crippen LogP contribution in [0.5, 0.6) is 11.5 Å². The van der Waals surface area contributed by atoms with Crippen molar-refractivity contribution < 1.29 is 9.47 Å². The van der Waals surface area contributed by atoms with Crippen molar-refractivity contribution in [3.8, 4) is 11.5 Å². The number of methoxy groups -OCH3 is 2. The molecule has 4 nitrogen and oxygen atoms in total. The Morgan fingerprint density at radius 1 is 0.864 bits per heavy atom. The Balaban J connectivity index is 1.61. The molecule has 4 heteroatoms. The first-order chi connectivity index (χ1) is 10.8. The smallest absolute Gasteiger partial charge is 0.119 e. The molecule has 1 saturated heterocycles. The van der Waals surface area contributed by atoms with E-state index in [1.54, 1.807) is 14.2 Å². The zero-order valence-corrected chi connectivity index (χ0v) is 13.0. The standard InChI is InChI=1S/C18H20N2O2/c1-21-15-5-3-14(4-6-15)19-9-10-20-17-8-7-16(22-2)11-13(17)12-18(19)20/h3-8,11,18H,9-10,12H2,1-2H3. The Hall–Kier alpha value is -2.36.